The maximum Gasteiger partial charge on any atom is 0.258 e. The lowest BCUT2D eigenvalue weighted by Crippen LogP contribution is -2.22. The van der Waals surface area contributed by atoms with Gasteiger partial charge in [0.05, 0.1) is 11.8 Å². The first-order chi connectivity index (χ1) is 6.03. The van der Waals surface area contributed by atoms with Crippen molar-refractivity contribution in [3.05, 3.63) is 11.8 Å². The first-order valence-electron chi connectivity index (χ1n) is 3.43. The van der Waals surface area contributed by atoms with Crippen LogP contribution in [0.25, 0.3) is 0 Å². The number of rotatable bonds is 3. The fourth-order valence-corrected chi connectivity index (χ4v) is 1.95. The van der Waals surface area contributed by atoms with Crippen LogP contribution in [0.1, 0.15) is 10.4 Å². The van der Waals surface area contributed by atoms with E-state index in [4.69, 9.17) is 0 Å². The summed E-state index contributed by atoms with van der Waals surface area (Å²) >= 11 is 0. The number of nitrogens with zero attached hydrogens (tertiary/aromatic N) is 2. The van der Waals surface area contributed by atoms with Crippen molar-refractivity contribution in [3.8, 4) is 0 Å². The zero-order chi connectivity index (χ0) is 10.1. The standard InChI is InChI=1S/C6H9N3O3S/c1-7-13(11,12)6-5(4-10)3-8-9(6)2/h3-4,7H,1-2H3. The van der Waals surface area contributed by atoms with Crippen LogP contribution in [-0.4, -0.2) is 31.5 Å². The molecule has 0 saturated carbocycles. The van der Waals surface area contributed by atoms with Gasteiger partial charge in [-0.2, -0.15) is 5.10 Å². The van der Waals surface area contributed by atoms with Gasteiger partial charge >= 0.3 is 0 Å². The average Bonchev–Trinajstić information content (AvgIpc) is 2.47. The second kappa shape index (κ2) is 3.27. The lowest BCUT2D eigenvalue weighted by atomic mass is 10.4. The predicted octanol–water partition coefficient (Wildman–Crippen LogP) is -0.859. The third-order valence-corrected chi connectivity index (χ3v) is 3.11. The molecular formula is C6H9N3O3S. The second-order valence-electron chi connectivity index (χ2n) is 2.35. The van der Waals surface area contributed by atoms with Crippen LogP contribution in [0.4, 0.5) is 0 Å². The second-order valence-corrected chi connectivity index (χ2v) is 4.16. The molecule has 6 nitrogen and oxygen atoms in total. The van der Waals surface area contributed by atoms with E-state index in [2.05, 4.69) is 9.82 Å². The number of hydrogen-bond donors (Lipinski definition) is 1. The molecule has 1 heterocycles. The summed E-state index contributed by atoms with van der Waals surface area (Å²) in [6.45, 7) is 0. The summed E-state index contributed by atoms with van der Waals surface area (Å²) < 4.78 is 25.9. The molecule has 0 saturated heterocycles. The van der Waals surface area contributed by atoms with Crippen LogP contribution in [0.2, 0.25) is 0 Å². The summed E-state index contributed by atoms with van der Waals surface area (Å²) in [6.07, 6.45) is 1.66. The van der Waals surface area contributed by atoms with Crippen molar-refractivity contribution in [2.24, 2.45) is 7.05 Å². The van der Waals surface area contributed by atoms with Crippen LogP contribution in [0.5, 0.6) is 0 Å². The Morgan fingerprint density at radius 1 is 1.62 bits per heavy atom. The van der Waals surface area contributed by atoms with Crippen molar-refractivity contribution < 1.29 is 13.2 Å². The molecule has 0 fully saturated rings. The van der Waals surface area contributed by atoms with Crippen molar-refractivity contribution in [1.82, 2.24) is 14.5 Å². The van der Waals surface area contributed by atoms with Crippen LogP contribution in [-0.2, 0) is 17.1 Å². The van der Waals surface area contributed by atoms with Crippen LogP contribution in [0.3, 0.4) is 0 Å². The maximum atomic E-state index is 11.3. The molecule has 0 unspecified atom stereocenters. The van der Waals surface area contributed by atoms with Gasteiger partial charge in [0.1, 0.15) is 0 Å². The summed E-state index contributed by atoms with van der Waals surface area (Å²) in [5.74, 6) is 0. The van der Waals surface area contributed by atoms with E-state index >= 15 is 0 Å². The Labute approximate surface area is 75.6 Å². The highest BCUT2D eigenvalue weighted by molar-refractivity contribution is 7.89. The van der Waals surface area contributed by atoms with Crippen LogP contribution in [0.15, 0.2) is 11.2 Å². The van der Waals surface area contributed by atoms with Gasteiger partial charge in [0, 0.05) is 7.05 Å². The van der Waals surface area contributed by atoms with Crippen molar-refractivity contribution in [2.45, 2.75) is 5.03 Å². The van der Waals surface area contributed by atoms with E-state index < -0.39 is 10.0 Å². The van der Waals surface area contributed by atoms with Crippen molar-refractivity contribution in [3.63, 3.8) is 0 Å². The first-order valence-corrected chi connectivity index (χ1v) is 4.92. The Morgan fingerprint density at radius 3 is 2.69 bits per heavy atom. The van der Waals surface area contributed by atoms with Gasteiger partial charge in [-0.05, 0) is 7.05 Å². The molecule has 1 aromatic rings. The minimum Gasteiger partial charge on any atom is -0.298 e. The normalized spacial score (nSPS) is 11.5. The highest BCUT2D eigenvalue weighted by Crippen LogP contribution is 2.11. The van der Waals surface area contributed by atoms with Crippen molar-refractivity contribution in [1.29, 1.82) is 0 Å². The van der Waals surface area contributed by atoms with E-state index in [1.807, 2.05) is 0 Å². The minimum atomic E-state index is -3.61. The number of carbonyl (C=O) groups excluding carboxylic acids is 1. The van der Waals surface area contributed by atoms with E-state index in [0.29, 0.717) is 6.29 Å². The van der Waals surface area contributed by atoms with Gasteiger partial charge in [-0.1, -0.05) is 0 Å². The Bertz CT molecular complexity index is 420. The molecule has 0 spiro atoms. The molecule has 1 N–H and O–H groups in total. The van der Waals surface area contributed by atoms with Gasteiger partial charge < -0.3 is 0 Å². The molecule has 1 rings (SSSR count). The number of sulfonamides is 1. The first kappa shape index (κ1) is 9.87. The lowest BCUT2D eigenvalue weighted by molar-refractivity contribution is 0.112. The van der Waals surface area contributed by atoms with E-state index in [-0.39, 0.29) is 10.6 Å². The zero-order valence-electron chi connectivity index (χ0n) is 7.18. The number of aromatic nitrogens is 2. The molecule has 0 radical (unpaired) electrons. The molecular weight excluding hydrogens is 194 g/mol. The maximum absolute atomic E-state index is 11.3. The molecule has 0 amide bonds. The lowest BCUT2D eigenvalue weighted by Gasteiger charge is -2.02. The number of aldehydes is 1. The minimum absolute atomic E-state index is 0.0526. The Morgan fingerprint density at radius 2 is 2.23 bits per heavy atom. The topological polar surface area (TPSA) is 81.1 Å². The van der Waals surface area contributed by atoms with Crippen molar-refractivity contribution >= 4 is 16.3 Å². The number of carbonyl (C=O) groups is 1. The number of hydrogen-bond acceptors (Lipinski definition) is 4. The van der Waals surface area contributed by atoms with Crippen LogP contribution < -0.4 is 4.72 Å². The van der Waals surface area contributed by atoms with Gasteiger partial charge in [-0.3, -0.25) is 9.48 Å². The molecule has 0 aliphatic rings. The highest BCUT2D eigenvalue weighted by atomic mass is 32.2. The van der Waals surface area contributed by atoms with Gasteiger partial charge in [-0.25, -0.2) is 13.1 Å². The largest absolute Gasteiger partial charge is 0.298 e. The van der Waals surface area contributed by atoms with E-state index in [1.54, 1.807) is 0 Å². The third-order valence-electron chi connectivity index (χ3n) is 1.56. The van der Waals surface area contributed by atoms with Gasteiger partial charge in [0.25, 0.3) is 10.0 Å². The Balaban J connectivity index is 3.43. The third kappa shape index (κ3) is 1.61. The van der Waals surface area contributed by atoms with Crippen LogP contribution >= 0.6 is 0 Å². The number of nitrogens with one attached hydrogen (secondary N) is 1. The number of aryl methyl sites for hydroxylation is 1. The highest BCUT2D eigenvalue weighted by Gasteiger charge is 2.20. The molecule has 0 aliphatic heterocycles. The molecule has 1 aromatic heterocycles. The molecule has 0 aromatic carbocycles. The van der Waals surface area contributed by atoms with Crippen LogP contribution in [0, 0.1) is 0 Å². The summed E-state index contributed by atoms with van der Waals surface area (Å²) in [5.41, 5.74) is 0.0526. The Hall–Kier alpha value is -1.21. The average molecular weight is 203 g/mol. The van der Waals surface area contributed by atoms with E-state index in [0.717, 1.165) is 4.68 Å². The Kier molecular flexibility index (Phi) is 2.48. The fraction of sp³-hybridized carbons (Fsp3) is 0.333. The summed E-state index contributed by atoms with van der Waals surface area (Å²) in [7, 11) is -0.879. The smallest absolute Gasteiger partial charge is 0.258 e. The summed E-state index contributed by atoms with van der Waals surface area (Å²) in [4.78, 5) is 10.5. The molecule has 0 atom stereocenters. The van der Waals surface area contributed by atoms with E-state index in [1.165, 1.54) is 20.3 Å². The predicted molar refractivity (Wildman–Crippen MR) is 44.8 cm³/mol. The monoisotopic (exact) mass is 203 g/mol. The molecule has 0 bridgehead atoms. The fourth-order valence-electron chi connectivity index (χ4n) is 0.950. The molecule has 72 valence electrons. The van der Waals surface area contributed by atoms with Gasteiger partial charge in [0.15, 0.2) is 11.3 Å². The quantitative estimate of drug-likeness (QED) is 0.648. The summed E-state index contributed by atoms with van der Waals surface area (Å²) in [6, 6.07) is 0. The van der Waals surface area contributed by atoms with E-state index in [9.17, 15) is 13.2 Å². The van der Waals surface area contributed by atoms with Gasteiger partial charge in [-0.15, -0.1) is 0 Å². The molecule has 13 heavy (non-hydrogen) atoms. The SMILES string of the molecule is CNS(=O)(=O)c1c(C=O)cnn1C. The molecule has 0 aliphatic carbocycles. The van der Waals surface area contributed by atoms with Gasteiger partial charge in [0.2, 0.25) is 0 Å². The zero-order valence-corrected chi connectivity index (χ0v) is 8.00. The summed E-state index contributed by atoms with van der Waals surface area (Å²) in [5, 5.41) is 3.55. The molecule has 7 heteroatoms. The van der Waals surface area contributed by atoms with Crippen molar-refractivity contribution in [2.75, 3.05) is 7.05 Å².